The van der Waals surface area contributed by atoms with Crippen molar-refractivity contribution in [2.45, 2.75) is 62.6 Å². The smallest absolute Gasteiger partial charge is 0.318 e. The van der Waals surface area contributed by atoms with Gasteiger partial charge in [0.05, 0.1) is 43.2 Å². The van der Waals surface area contributed by atoms with Crippen molar-refractivity contribution in [3.63, 3.8) is 0 Å². The first-order valence-electron chi connectivity index (χ1n) is 14.3. The summed E-state index contributed by atoms with van der Waals surface area (Å²) in [7, 11) is 0. The van der Waals surface area contributed by atoms with Crippen LogP contribution in [0.5, 0.6) is 6.01 Å². The van der Waals surface area contributed by atoms with Crippen LogP contribution in [0.15, 0.2) is 12.1 Å². The average molecular weight is 551 g/mol. The Balaban J connectivity index is 1.27. The molecule has 1 spiro atoms. The number of hydrogen-bond acceptors (Lipinski definition) is 10. The maximum Gasteiger partial charge on any atom is 0.318 e. The van der Waals surface area contributed by atoms with E-state index in [1.165, 1.54) is 0 Å². The number of ether oxygens (including phenoxy) is 4. The molecule has 6 heterocycles. The second-order valence-electron chi connectivity index (χ2n) is 11.7. The largest absolute Gasteiger partial charge is 0.461 e. The summed E-state index contributed by atoms with van der Waals surface area (Å²) in [5.41, 5.74) is 9.33. The van der Waals surface area contributed by atoms with Gasteiger partial charge in [-0.3, -0.25) is 4.90 Å². The molecule has 11 heteroatoms. The molecule has 0 radical (unpaired) electrons. The van der Waals surface area contributed by atoms with Gasteiger partial charge in [-0.15, -0.1) is 0 Å². The van der Waals surface area contributed by atoms with Gasteiger partial charge in [0.2, 0.25) is 0 Å². The summed E-state index contributed by atoms with van der Waals surface area (Å²) in [6.45, 7) is 5.52. The van der Waals surface area contributed by atoms with Crippen molar-refractivity contribution in [3.8, 4) is 12.1 Å². The SMILES string of the molecule is N#Cc1c(N)ccc2c1C1(COC2)Cc2nc(OC[C@@]34CCCN3C[C@H](F)C4)nc(N3CCCOCC3)c2CO1. The summed E-state index contributed by atoms with van der Waals surface area (Å²) < 4.78 is 39.1. The Morgan fingerprint density at radius 1 is 1.15 bits per heavy atom. The van der Waals surface area contributed by atoms with Crippen molar-refractivity contribution in [1.29, 1.82) is 5.26 Å². The molecule has 0 aliphatic carbocycles. The highest BCUT2D eigenvalue weighted by molar-refractivity contribution is 5.63. The van der Waals surface area contributed by atoms with Crippen LogP contribution in [0.25, 0.3) is 0 Å². The third-order valence-electron chi connectivity index (χ3n) is 9.23. The van der Waals surface area contributed by atoms with Gasteiger partial charge >= 0.3 is 6.01 Å². The number of benzene rings is 1. The zero-order chi connectivity index (χ0) is 27.3. The Bertz CT molecular complexity index is 1340. The fourth-order valence-electron chi connectivity index (χ4n) is 7.33. The topological polar surface area (TPSA) is 119 Å². The molecule has 7 rings (SSSR count). The number of hydrogen-bond donors (Lipinski definition) is 1. The zero-order valence-electron chi connectivity index (χ0n) is 22.7. The van der Waals surface area contributed by atoms with Crippen molar-refractivity contribution in [1.82, 2.24) is 14.9 Å². The highest BCUT2D eigenvalue weighted by Crippen LogP contribution is 2.46. The molecule has 1 unspecified atom stereocenters. The number of rotatable bonds is 4. The van der Waals surface area contributed by atoms with Gasteiger partial charge < -0.3 is 29.6 Å². The molecule has 10 nitrogen and oxygen atoms in total. The lowest BCUT2D eigenvalue weighted by Gasteiger charge is -2.43. The molecule has 3 fully saturated rings. The van der Waals surface area contributed by atoms with E-state index in [0.717, 1.165) is 60.6 Å². The van der Waals surface area contributed by atoms with Crippen LogP contribution in [-0.2, 0) is 39.4 Å². The van der Waals surface area contributed by atoms with Crippen LogP contribution in [0.3, 0.4) is 0 Å². The fourth-order valence-corrected chi connectivity index (χ4v) is 7.33. The van der Waals surface area contributed by atoms with E-state index in [1.807, 2.05) is 6.07 Å². The molecule has 0 saturated carbocycles. The summed E-state index contributed by atoms with van der Waals surface area (Å²) in [5.74, 6) is 0.793. The van der Waals surface area contributed by atoms with Gasteiger partial charge in [0.25, 0.3) is 0 Å². The van der Waals surface area contributed by atoms with E-state index in [-0.39, 0.29) is 12.1 Å². The maximum atomic E-state index is 14.4. The molecule has 5 aliphatic rings. The number of nitrogens with two attached hydrogens (primary N) is 1. The third-order valence-corrected chi connectivity index (χ3v) is 9.23. The van der Waals surface area contributed by atoms with Crippen molar-refractivity contribution in [3.05, 3.63) is 40.1 Å². The lowest BCUT2D eigenvalue weighted by Crippen LogP contribution is -2.45. The van der Waals surface area contributed by atoms with Gasteiger partial charge in [-0.1, -0.05) is 6.07 Å². The van der Waals surface area contributed by atoms with Crippen LogP contribution in [0.1, 0.15) is 53.6 Å². The van der Waals surface area contributed by atoms with E-state index in [0.29, 0.717) is 76.2 Å². The van der Waals surface area contributed by atoms with Gasteiger partial charge in [0.15, 0.2) is 0 Å². The van der Waals surface area contributed by atoms with Crippen LogP contribution in [0.2, 0.25) is 0 Å². The first-order valence-corrected chi connectivity index (χ1v) is 14.3. The van der Waals surface area contributed by atoms with Gasteiger partial charge in [-0.05, 0) is 37.4 Å². The Morgan fingerprint density at radius 2 is 2.08 bits per heavy atom. The van der Waals surface area contributed by atoms with Crippen LogP contribution in [0, 0.1) is 11.3 Å². The first kappa shape index (κ1) is 25.9. The monoisotopic (exact) mass is 550 g/mol. The second-order valence-corrected chi connectivity index (χ2v) is 11.7. The second kappa shape index (κ2) is 10.1. The maximum absolute atomic E-state index is 14.4. The highest BCUT2D eigenvalue weighted by atomic mass is 19.1. The lowest BCUT2D eigenvalue weighted by atomic mass is 9.79. The zero-order valence-corrected chi connectivity index (χ0v) is 22.7. The molecule has 40 heavy (non-hydrogen) atoms. The Morgan fingerprint density at radius 3 is 2.98 bits per heavy atom. The fraction of sp³-hybridized carbons (Fsp3) is 0.621. The molecule has 5 aliphatic heterocycles. The molecule has 2 N–H and O–H groups in total. The van der Waals surface area contributed by atoms with Gasteiger partial charge in [0, 0.05) is 55.9 Å². The lowest BCUT2D eigenvalue weighted by molar-refractivity contribution is -0.136. The summed E-state index contributed by atoms with van der Waals surface area (Å²) in [5, 5.41) is 10.0. The quantitative estimate of drug-likeness (QED) is 0.569. The summed E-state index contributed by atoms with van der Waals surface area (Å²) in [4.78, 5) is 14.3. The Labute approximate surface area is 233 Å². The molecule has 2 aromatic rings. The van der Waals surface area contributed by atoms with Crippen LogP contribution >= 0.6 is 0 Å². The summed E-state index contributed by atoms with van der Waals surface area (Å²) in [6, 6.07) is 6.26. The highest BCUT2D eigenvalue weighted by Gasteiger charge is 2.50. The van der Waals surface area contributed by atoms with E-state index in [4.69, 9.17) is 34.6 Å². The summed E-state index contributed by atoms with van der Waals surface area (Å²) >= 11 is 0. The van der Waals surface area contributed by atoms with Gasteiger partial charge in [0.1, 0.15) is 30.3 Å². The molecular formula is C29H35FN6O4. The third kappa shape index (κ3) is 4.29. The number of nitriles is 1. The first-order chi connectivity index (χ1) is 19.5. The molecule has 3 atom stereocenters. The van der Waals surface area contributed by atoms with E-state index >= 15 is 0 Å². The number of alkyl halides is 1. The van der Waals surface area contributed by atoms with E-state index in [9.17, 15) is 9.65 Å². The molecule has 3 saturated heterocycles. The van der Waals surface area contributed by atoms with E-state index < -0.39 is 11.8 Å². The van der Waals surface area contributed by atoms with Crippen LogP contribution < -0.4 is 15.4 Å². The normalized spacial score (nSPS) is 29.9. The standard InChI is InChI=1S/C29H35FN6O4/c30-20-11-28(5-1-7-36(28)14-20)17-39-27-33-24-12-29(18-38-15-19-3-4-23(32)21(13-31)25(19)29)40-16-22(24)26(34-27)35-6-2-9-37-10-8-35/h3-4,20H,1-2,5-12,14-18,32H2/t20-,28+,29?/m1/s1. The molecule has 1 aromatic carbocycles. The minimum absolute atomic E-state index is 0.270. The predicted molar refractivity (Wildman–Crippen MR) is 144 cm³/mol. The van der Waals surface area contributed by atoms with E-state index in [1.54, 1.807) is 6.07 Å². The Kier molecular flexibility index (Phi) is 6.54. The molecule has 1 aromatic heterocycles. The number of anilines is 2. The van der Waals surface area contributed by atoms with Crippen molar-refractivity contribution in [2.75, 3.05) is 63.2 Å². The average Bonchev–Trinajstić information content (AvgIpc) is 3.33. The molecule has 0 bridgehead atoms. The van der Waals surface area contributed by atoms with E-state index in [2.05, 4.69) is 15.9 Å². The molecule has 212 valence electrons. The van der Waals surface area contributed by atoms with Crippen molar-refractivity contribution in [2.24, 2.45) is 0 Å². The van der Waals surface area contributed by atoms with Crippen LogP contribution in [0.4, 0.5) is 15.9 Å². The van der Waals surface area contributed by atoms with Gasteiger partial charge in [-0.2, -0.15) is 15.2 Å². The minimum atomic E-state index is -0.889. The number of nitrogen functional groups attached to an aromatic ring is 1. The molecular weight excluding hydrogens is 515 g/mol. The van der Waals surface area contributed by atoms with Gasteiger partial charge in [-0.25, -0.2) is 4.39 Å². The predicted octanol–water partition coefficient (Wildman–Crippen LogP) is 2.61. The van der Waals surface area contributed by atoms with Crippen molar-refractivity contribution >= 4 is 11.5 Å². The number of fused-ring (bicyclic) bond motifs is 4. The molecule has 0 amide bonds. The van der Waals surface area contributed by atoms with Crippen molar-refractivity contribution < 1.29 is 23.3 Å². The number of nitrogens with zero attached hydrogens (tertiary/aromatic N) is 5. The number of aromatic nitrogens is 2. The van der Waals surface area contributed by atoms with Crippen LogP contribution in [-0.4, -0.2) is 79.2 Å². The Hall–Kier alpha value is -3.04. The number of halogens is 1. The minimum Gasteiger partial charge on any atom is -0.461 e. The summed E-state index contributed by atoms with van der Waals surface area (Å²) in [6.07, 6.45) is 2.90.